The van der Waals surface area contributed by atoms with Crippen LogP contribution in [0.25, 0.3) is 22.0 Å². The number of hydrogen-bond acceptors (Lipinski definition) is 6. The van der Waals surface area contributed by atoms with E-state index in [-0.39, 0.29) is 31.1 Å². The summed E-state index contributed by atoms with van der Waals surface area (Å²) in [6.45, 7) is 10.4. The van der Waals surface area contributed by atoms with E-state index < -0.39 is 0 Å². The smallest absolute Gasteiger partial charge is 0.310 e. The van der Waals surface area contributed by atoms with E-state index >= 15 is 0 Å². The molecule has 196 valence electrons. The van der Waals surface area contributed by atoms with Crippen LogP contribution in [0.15, 0.2) is 60.7 Å². The van der Waals surface area contributed by atoms with Gasteiger partial charge in [-0.1, -0.05) is 36.4 Å². The summed E-state index contributed by atoms with van der Waals surface area (Å²) >= 11 is 0. The summed E-state index contributed by atoms with van der Waals surface area (Å²) in [6, 6.07) is 21.6. The first-order chi connectivity index (χ1) is 18.3. The van der Waals surface area contributed by atoms with E-state index in [1.54, 1.807) is 13.0 Å². The summed E-state index contributed by atoms with van der Waals surface area (Å²) in [5.41, 5.74) is 4.81. The molecular weight excluding hydrogens is 478 g/mol. The average molecular weight is 512 g/mol. The lowest BCUT2D eigenvalue weighted by atomic mass is 9.99. The van der Waals surface area contributed by atoms with E-state index in [2.05, 4.69) is 26.0 Å². The first-order valence-electron chi connectivity index (χ1n) is 12.9. The fourth-order valence-electron chi connectivity index (χ4n) is 4.39. The van der Waals surface area contributed by atoms with E-state index in [4.69, 9.17) is 19.3 Å². The quantitative estimate of drug-likeness (QED) is 0.222. The van der Waals surface area contributed by atoms with Crippen LogP contribution < -0.4 is 9.47 Å². The molecule has 3 aromatic carbocycles. The predicted molar refractivity (Wildman–Crippen MR) is 147 cm³/mol. The lowest BCUT2D eigenvalue weighted by molar-refractivity contribution is -0.142. The van der Waals surface area contributed by atoms with Crippen LogP contribution in [0.5, 0.6) is 11.5 Å². The molecule has 0 aliphatic carbocycles. The maximum absolute atomic E-state index is 12.1. The van der Waals surface area contributed by atoms with Gasteiger partial charge in [0.15, 0.2) is 0 Å². The maximum atomic E-state index is 12.1. The predicted octanol–water partition coefficient (Wildman–Crippen LogP) is 6.63. The highest BCUT2D eigenvalue weighted by molar-refractivity contribution is 5.89. The SMILES string of the molecule is CCOC(=O)Cc1ccccc1OCc1nn(C(C)C)c2ccc(-c3cccc(C#N)c3OC(C)C)cc12. The lowest BCUT2D eigenvalue weighted by Crippen LogP contribution is -2.09. The number of esters is 1. The number of nitriles is 1. The molecule has 0 saturated heterocycles. The summed E-state index contributed by atoms with van der Waals surface area (Å²) in [4.78, 5) is 12.1. The van der Waals surface area contributed by atoms with Gasteiger partial charge in [-0.2, -0.15) is 10.4 Å². The topological polar surface area (TPSA) is 86.4 Å². The van der Waals surface area contributed by atoms with Crippen molar-refractivity contribution >= 4 is 16.9 Å². The highest BCUT2D eigenvalue weighted by Crippen LogP contribution is 2.36. The molecule has 1 aromatic heterocycles. The average Bonchev–Trinajstić information content (AvgIpc) is 3.26. The normalized spacial score (nSPS) is 11.1. The van der Waals surface area contributed by atoms with Gasteiger partial charge in [0.1, 0.15) is 29.9 Å². The zero-order valence-corrected chi connectivity index (χ0v) is 22.5. The van der Waals surface area contributed by atoms with Crippen LogP contribution in [0.2, 0.25) is 0 Å². The number of fused-ring (bicyclic) bond motifs is 1. The number of para-hydroxylation sites is 2. The molecular formula is C31H33N3O4. The van der Waals surface area contributed by atoms with Crippen molar-refractivity contribution in [3.63, 3.8) is 0 Å². The van der Waals surface area contributed by atoms with Gasteiger partial charge in [-0.05, 0) is 64.4 Å². The second-order valence-corrected chi connectivity index (χ2v) is 9.56. The van der Waals surface area contributed by atoms with Crippen molar-refractivity contribution in [3.8, 4) is 28.7 Å². The Labute approximate surface area is 223 Å². The third kappa shape index (κ3) is 5.81. The second kappa shape index (κ2) is 11.8. The van der Waals surface area contributed by atoms with Crippen LogP contribution in [-0.2, 0) is 22.6 Å². The molecule has 0 saturated carbocycles. The zero-order valence-electron chi connectivity index (χ0n) is 22.5. The van der Waals surface area contributed by atoms with Crippen molar-refractivity contribution in [2.24, 2.45) is 0 Å². The highest BCUT2D eigenvalue weighted by Gasteiger charge is 2.18. The van der Waals surface area contributed by atoms with Gasteiger partial charge in [-0.3, -0.25) is 9.48 Å². The third-order valence-electron chi connectivity index (χ3n) is 6.05. The molecule has 0 atom stereocenters. The molecule has 0 radical (unpaired) electrons. The third-order valence-corrected chi connectivity index (χ3v) is 6.05. The number of hydrogen-bond donors (Lipinski definition) is 0. The van der Waals surface area contributed by atoms with Crippen LogP contribution in [-0.4, -0.2) is 28.5 Å². The summed E-state index contributed by atoms with van der Waals surface area (Å²) in [5.74, 6) is 0.909. The minimum absolute atomic E-state index is 0.0747. The van der Waals surface area contributed by atoms with Crippen LogP contribution in [0.4, 0.5) is 0 Å². The first-order valence-corrected chi connectivity index (χ1v) is 12.9. The van der Waals surface area contributed by atoms with E-state index in [9.17, 15) is 10.1 Å². The Kier molecular flexibility index (Phi) is 8.32. The highest BCUT2D eigenvalue weighted by atomic mass is 16.5. The number of benzene rings is 3. The standard InChI is InChI=1S/C31H33N3O4/c1-6-36-30(35)17-23-10-7-8-13-29(23)37-19-27-26-16-22(14-15-28(26)34(33-27)20(2)3)25-12-9-11-24(18-32)31(25)38-21(4)5/h7-16,20-21H,6,17,19H2,1-5H3. The van der Waals surface area contributed by atoms with E-state index in [0.717, 1.165) is 33.3 Å². The molecule has 1 heterocycles. The van der Waals surface area contributed by atoms with Gasteiger partial charge in [0, 0.05) is 22.6 Å². The van der Waals surface area contributed by atoms with Gasteiger partial charge in [0.05, 0.1) is 30.2 Å². The monoisotopic (exact) mass is 511 g/mol. The van der Waals surface area contributed by atoms with Gasteiger partial charge in [-0.15, -0.1) is 0 Å². The molecule has 4 aromatic rings. The van der Waals surface area contributed by atoms with Crippen LogP contribution in [0, 0.1) is 11.3 Å². The molecule has 0 spiro atoms. The maximum Gasteiger partial charge on any atom is 0.310 e. The van der Waals surface area contributed by atoms with Crippen molar-refractivity contribution in [3.05, 3.63) is 77.5 Å². The Balaban J connectivity index is 1.73. The van der Waals surface area contributed by atoms with Gasteiger partial charge in [0.25, 0.3) is 0 Å². The molecule has 0 fully saturated rings. The molecule has 7 heteroatoms. The van der Waals surface area contributed by atoms with Crippen LogP contribution >= 0.6 is 0 Å². The summed E-state index contributed by atoms with van der Waals surface area (Å²) in [5, 5.41) is 15.5. The molecule has 0 unspecified atom stereocenters. The number of carbonyl (C=O) groups is 1. The van der Waals surface area contributed by atoms with Crippen LogP contribution in [0.3, 0.4) is 0 Å². The van der Waals surface area contributed by atoms with Crippen molar-refractivity contribution in [1.82, 2.24) is 9.78 Å². The Bertz CT molecular complexity index is 1480. The molecule has 0 N–H and O–H groups in total. The van der Waals surface area contributed by atoms with Gasteiger partial charge >= 0.3 is 5.97 Å². The summed E-state index contributed by atoms with van der Waals surface area (Å²) in [7, 11) is 0. The minimum atomic E-state index is -0.290. The van der Waals surface area contributed by atoms with Gasteiger partial charge in [0.2, 0.25) is 0 Å². The fraction of sp³-hybridized carbons (Fsp3) is 0.323. The number of carbonyl (C=O) groups excluding carboxylic acids is 1. The molecule has 0 amide bonds. The van der Waals surface area contributed by atoms with Gasteiger partial charge < -0.3 is 14.2 Å². The molecule has 0 aliphatic heterocycles. The van der Waals surface area contributed by atoms with Crippen molar-refractivity contribution in [2.75, 3.05) is 6.61 Å². The van der Waals surface area contributed by atoms with E-state index in [0.29, 0.717) is 23.7 Å². The van der Waals surface area contributed by atoms with E-state index in [1.165, 1.54) is 0 Å². The van der Waals surface area contributed by atoms with Gasteiger partial charge in [-0.25, -0.2) is 0 Å². The molecule has 38 heavy (non-hydrogen) atoms. The molecule has 0 aliphatic rings. The summed E-state index contributed by atoms with van der Waals surface area (Å²) in [6.07, 6.45) is 0.0674. The van der Waals surface area contributed by atoms with E-state index in [1.807, 2.05) is 67.1 Å². The van der Waals surface area contributed by atoms with Crippen molar-refractivity contribution in [2.45, 2.75) is 59.8 Å². The molecule has 4 rings (SSSR count). The molecule has 0 bridgehead atoms. The second-order valence-electron chi connectivity index (χ2n) is 9.56. The Morgan fingerprint density at radius 1 is 1.05 bits per heavy atom. The number of nitrogens with zero attached hydrogens (tertiary/aromatic N) is 3. The van der Waals surface area contributed by atoms with Crippen molar-refractivity contribution in [1.29, 1.82) is 5.26 Å². The Hall–Kier alpha value is -4.31. The fourth-order valence-corrected chi connectivity index (χ4v) is 4.39. The van der Waals surface area contributed by atoms with Crippen LogP contribution in [0.1, 0.15) is 57.5 Å². The number of aromatic nitrogens is 2. The Morgan fingerprint density at radius 3 is 2.55 bits per heavy atom. The molecule has 7 nitrogen and oxygen atoms in total. The summed E-state index contributed by atoms with van der Waals surface area (Å²) < 4.78 is 19.4. The number of rotatable bonds is 10. The lowest BCUT2D eigenvalue weighted by Gasteiger charge is -2.16. The Morgan fingerprint density at radius 2 is 1.84 bits per heavy atom. The largest absolute Gasteiger partial charge is 0.489 e. The zero-order chi connectivity index (χ0) is 27.2. The minimum Gasteiger partial charge on any atom is -0.489 e. The first kappa shape index (κ1) is 26.7. The number of ether oxygens (including phenoxy) is 3. The van der Waals surface area contributed by atoms with Crippen molar-refractivity contribution < 1.29 is 19.0 Å².